The third-order valence-electron chi connectivity index (χ3n) is 3.04. The highest BCUT2D eigenvalue weighted by atomic mass is 35.7. The van der Waals surface area contributed by atoms with Crippen molar-refractivity contribution in [2.45, 2.75) is 45.2 Å². The van der Waals surface area contributed by atoms with Crippen LogP contribution < -0.4 is 0 Å². The van der Waals surface area contributed by atoms with Crippen molar-refractivity contribution >= 4 is 19.7 Å². The molecule has 1 aliphatic rings. The van der Waals surface area contributed by atoms with E-state index in [-0.39, 0.29) is 11.8 Å². The summed E-state index contributed by atoms with van der Waals surface area (Å²) in [5.74, 6) is -0.109. The van der Waals surface area contributed by atoms with E-state index in [9.17, 15) is 8.42 Å². The molecule has 0 spiro atoms. The summed E-state index contributed by atoms with van der Waals surface area (Å²) in [6, 6.07) is 0.586. The molecule has 0 aromatic rings. The minimum Gasteiger partial charge on any atom is -0.294 e. The van der Waals surface area contributed by atoms with Crippen molar-refractivity contribution < 1.29 is 8.42 Å². The minimum absolute atomic E-state index is 0.109. The first-order valence-electron chi connectivity index (χ1n) is 5.67. The molecule has 0 aromatic carbocycles. The molecule has 1 atom stereocenters. The largest absolute Gasteiger partial charge is 0.294 e. The van der Waals surface area contributed by atoms with Gasteiger partial charge in [0.05, 0.1) is 5.75 Å². The van der Waals surface area contributed by atoms with Gasteiger partial charge in [0.25, 0.3) is 0 Å². The molecular weight excluding hydrogens is 246 g/mol. The smallest absolute Gasteiger partial charge is 0.236 e. The van der Waals surface area contributed by atoms with Gasteiger partial charge in [0, 0.05) is 22.8 Å². The van der Waals surface area contributed by atoms with Crippen molar-refractivity contribution in [3.8, 4) is 0 Å². The maximum Gasteiger partial charge on any atom is 0.236 e. The van der Waals surface area contributed by atoms with Gasteiger partial charge in [-0.1, -0.05) is 13.0 Å². The molecule has 5 heteroatoms. The van der Waals surface area contributed by atoms with E-state index in [0.29, 0.717) is 6.04 Å². The fourth-order valence-electron chi connectivity index (χ4n) is 2.33. The lowest BCUT2D eigenvalue weighted by Crippen LogP contribution is -2.45. The van der Waals surface area contributed by atoms with Gasteiger partial charge in [-0.15, -0.1) is 0 Å². The molecule has 0 aliphatic carbocycles. The predicted molar refractivity (Wildman–Crippen MR) is 68.3 cm³/mol. The molecule has 0 saturated carbocycles. The van der Waals surface area contributed by atoms with Crippen molar-refractivity contribution in [1.29, 1.82) is 0 Å². The highest BCUT2D eigenvalue weighted by Crippen LogP contribution is 2.25. The molecular formula is C11H20ClNO2S. The van der Waals surface area contributed by atoms with Crippen molar-refractivity contribution in [1.82, 2.24) is 4.90 Å². The van der Waals surface area contributed by atoms with Crippen LogP contribution in [0.3, 0.4) is 0 Å². The lowest BCUT2D eigenvalue weighted by molar-refractivity contribution is 0.134. The van der Waals surface area contributed by atoms with Gasteiger partial charge in [-0.25, -0.2) is 8.42 Å². The standard InChI is InChI=1S/C11H20ClNO2S/c1-9(2)13-7-5-4-6-11(13)10(3)8-16(12,14)15/h9,11H,3-8H2,1-2H3. The third-order valence-corrected chi connectivity index (χ3v) is 4.08. The van der Waals surface area contributed by atoms with Crippen LogP contribution in [0.2, 0.25) is 0 Å². The average Bonchev–Trinajstić information content (AvgIpc) is 2.15. The molecule has 1 fully saturated rings. The highest BCUT2D eigenvalue weighted by Gasteiger charge is 2.28. The fraction of sp³-hybridized carbons (Fsp3) is 0.818. The van der Waals surface area contributed by atoms with Crippen molar-refractivity contribution in [2.24, 2.45) is 0 Å². The van der Waals surface area contributed by atoms with Gasteiger partial charge in [-0.2, -0.15) is 0 Å². The Morgan fingerprint density at radius 3 is 2.62 bits per heavy atom. The van der Waals surface area contributed by atoms with Crippen LogP contribution in [0, 0.1) is 0 Å². The van der Waals surface area contributed by atoms with E-state index in [1.165, 1.54) is 6.42 Å². The maximum atomic E-state index is 11.0. The molecule has 1 aliphatic heterocycles. The highest BCUT2D eigenvalue weighted by molar-refractivity contribution is 8.13. The summed E-state index contributed by atoms with van der Waals surface area (Å²) in [7, 11) is 1.79. The lowest BCUT2D eigenvalue weighted by atomic mass is 9.95. The zero-order valence-electron chi connectivity index (χ0n) is 9.95. The van der Waals surface area contributed by atoms with Crippen LogP contribution in [-0.2, 0) is 9.05 Å². The zero-order valence-corrected chi connectivity index (χ0v) is 11.5. The number of rotatable bonds is 4. The summed E-state index contributed by atoms with van der Waals surface area (Å²) in [6.07, 6.45) is 3.30. The summed E-state index contributed by atoms with van der Waals surface area (Å²) in [5.41, 5.74) is 0.725. The zero-order chi connectivity index (χ0) is 12.3. The number of likely N-dealkylation sites (tertiary alicyclic amines) is 1. The monoisotopic (exact) mass is 265 g/mol. The Hall–Kier alpha value is -0.0600. The Balaban J connectivity index is 2.72. The summed E-state index contributed by atoms with van der Waals surface area (Å²) < 4.78 is 22.1. The Bertz CT molecular complexity index is 351. The van der Waals surface area contributed by atoms with Crippen LogP contribution >= 0.6 is 10.7 Å². The van der Waals surface area contributed by atoms with Gasteiger partial charge in [0.15, 0.2) is 0 Å². The van der Waals surface area contributed by atoms with E-state index in [1.54, 1.807) is 0 Å². The molecule has 0 N–H and O–H groups in total. The van der Waals surface area contributed by atoms with Crippen molar-refractivity contribution in [2.75, 3.05) is 12.3 Å². The number of hydrogen-bond acceptors (Lipinski definition) is 3. The van der Waals surface area contributed by atoms with Crippen LogP contribution in [0.5, 0.6) is 0 Å². The molecule has 94 valence electrons. The molecule has 0 amide bonds. The molecule has 1 unspecified atom stereocenters. The number of nitrogens with zero attached hydrogens (tertiary/aromatic N) is 1. The first kappa shape index (κ1) is 14.0. The normalized spacial score (nSPS) is 23.6. The predicted octanol–water partition coefficient (Wildman–Crippen LogP) is 2.37. The molecule has 1 rings (SSSR count). The summed E-state index contributed by atoms with van der Waals surface area (Å²) in [5, 5.41) is 0. The average molecular weight is 266 g/mol. The molecule has 0 aromatic heterocycles. The van der Waals surface area contributed by atoms with E-state index >= 15 is 0 Å². The lowest BCUT2D eigenvalue weighted by Gasteiger charge is -2.39. The Morgan fingerprint density at radius 2 is 2.12 bits per heavy atom. The molecule has 1 saturated heterocycles. The first-order valence-corrected chi connectivity index (χ1v) is 8.15. The quantitative estimate of drug-likeness (QED) is 0.579. The summed E-state index contributed by atoms with van der Waals surface area (Å²) in [6.45, 7) is 9.16. The van der Waals surface area contributed by atoms with E-state index in [4.69, 9.17) is 10.7 Å². The minimum atomic E-state index is -3.48. The number of hydrogen-bond donors (Lipinski definition) is 0. The van der Waals surface area contributed by atoms with Gasteiger partial charge in [-0.05, 0) is 38.8 Å². The third kappa shape index (κ3) is 4.07. The van der Waals surface area contributed by atoms with Crippen molar-refractivity contribution in [3.63, 3.8) is 0 Å². The van der Waals surface area contributed by atoms with Crippen LogP contribution in [-0.4, -0.2) is 37.7 Å². The Morgan fingerprint density at radius 1 is 1.50 bits per heavy atom. The molecule has 0 bridgehead atoms. The van der Waals surface area contributed by atoms with Gasteiger partial charge < -0.3 is 0 Å². The van der Waals surface area contributed by atoms with Gasteiger partial charge in [0.2, 0.25) is 9.05 Å². The van der Waals surface area contributed by atoms with Crippen LogP contribution in [0.25, 0.3) is 0 Å². The number of halogens is 1. The van der Waals surface area contributed by atoms with Gasteiger partial charge in [0.1, 0.15) is 0 Å². The van der Waals surface area contributed by atoms with Crippen LogP contribution in [0.1, 0.15) is 33.1 Å². The second kappa shape index (κ2) is 5.52. The topological polar surface area (TPSA) is 37.4 Å². The fourth-order valence-corrected chi connectivity index (χ4v) is 3.38. The second-order valence-electron chi connectivity index (χ2n) is 4.68. The second-order valence-corrected chi connectivity index (χ2v) is 7.46. The van der Waals surface area contributed by atoms with E-state index in [0.717, 1.165) is 25.0 Å². The summed E-state index contributed by atoms with van der Waals surface area (Å²) >= 11 is 0. The van der Waals surface area contributed by atoms with Gasteiger partial charge in [-0.3, -0.25) is 4.90 Å². The van der Waals surface area contributed by atoms with Crippen molar-refractivity contribution in [3.05, 3.63) is 12.2 Å². The molecule has 3 nitrogen and oxygen atoms in total. The molecule has 0 radical (unpaired) electrons. The van der Waals surface area contributed by atoms with E-state index in [2.05, 4.69) is 25.3 Å². The maximum absolute atomic E-state index is 11.0. The Kier molecular flexibility index (Phi) is 4.83. The van der Waals surface area contributed by atoms with Gasteiger partial charge >= 0.3 is 0 Å². The Labute approximate surface area is 103 Å². The summed E-state index contributed by atoms with van der Waals surface area (Å²) in [4.78, 5) is 2.31. The SMILES string of the molecule is C=C(CS(=O)(=O)Cl)C1CCCCN1C(C)C. The van der Waals surface area contributed by atoms with Crippen LogP contribution in [0.15, 0.2) is 12.2 Å². The molecule has 16 heavy (non-hydrogen) atoms. The number of piperidine rings is 1. The van der Waals surface area contributed by atoms with Crippen LogP contribution in [0.4, 0.5) is 0 Å². The first-order chi connectivity index (χ1) is 7.31. The van der Waals surface area contributed by atoms with E-state index in [1.807, 2.05) is 0 Å². The van der Waals surface area contributed by atoms with E-state index < -0.39 is 9.05 Å². The molecule has 1 heterocycles.